The minimum absolute atomic E-state index is 0.0163. The van der Waals surface area contributed by atoms with Crippen LogP contribution in [0.4, 0.5) is 0 Å². The summed E-state index contributed by atoms with van der Waals surface area (Å²) in [6, 6.07) is -1.45. The van der Waals surface area contributed by atoms with Crippen molar-refractivity contribution in [3.8, 4) is 0 Å². The Balaban J connectivity index is 2.68. The van der Waals surface area contributed by atoms with Gasteiger partial charge in [0.05, 0.1) is 15.3 Å². The standard InChI is InChI=1S/C13H18BClO2/c1-9-6-7-11(15)10(8-9)14-16-12(2,3)13(4,5)17-14/h6-8H,1-5H3/i1D3,6D,7D,8D. The van der Waals surface area contributed by atoms with E-state index in [9.17, 15) is 0 Å². The van der Waals surface area contributed by atoms with E-state index in [0.29, 0.717) is 0 Å². The summed E-state index contributed by atoms with van der Waals surface area (Å²) in [5, 5.41) is -0.188. The molecule has 1 aliphatic heterocycles. The minimum atomic E-state index is -2.70. The van der Waals surface area contributed by atoms with E-state index < -0.39 is 48.9 Å². The van der Waals surface area contributed by atoms with E-state index in [1.54, 1.807) is 0 Å². The number of rotatable bonds is 1. The number of hydrogen-bond donors (Lipinski definition) is 0. The van der Waals surface area contributed by atoms with Gasteiger partial charge in [-0.1, -0.05) is 29.2 Å². The van der Waals surface area contributed by atoms with Gasteiger partial charge >= 0.3 is 7.12 Å². The van der Waals surface area contributed by atoms with Gasteiger partial charge in [0.15, 0.2) is 0 Å². The lowest BCUT2D eigenvalue weighted by Crippen LogP contribution is -2.41. The summed E-state index contributed by atoms with van der Waals surface area (Å²) in [6.45, 7) is 4.56. The molecule has 0 spiro atoms. The van der Waals surface area contributed by atoms with Gasteiger partial charge in [-0.05, 0) is 40.6 Å². The lowest BCUT2D eigenvalue weighted by Gasteiger charge is -2.32. The molecule has 0 bridgehead atoms. The fourth-order valence-electron chi connectivity index (χ4n) is 1.53. The molecule has 2 nitrogen and oxygen atoms in total. The van der Waals surface area contributed by atoms with Gasteiger partial charge in [-0.15, -0.1) is 0 Å². The molecule has 1 aliphatic rings. The van der Waals surface area contributed by atoms with Crippen LogP contribution < -0.4 is 5.46 Å². The van der Waals surface area contributed by atoms with Gasteiger partial charge < -0.3 is 9.31 Å². The fraction of sp³-hybridized carbons (Fsp3) is 0.538. The first-order valence-corrected chi connectivity index (χ1v) is 5.74. The Bertz CT molecular complexity index is 643. The molecule has 0 unspecified atom stereocenters. The quantitative estimate of drug-likeness (QED) is 0.721. The van der Waals surface area contributed by atoms with Crippen molar-refractivity contribution in [2.24, 2.45) is 0 Å². The zero-order chi connectivity index (χ0) is 18.0. The van der Waals surface area contributed by atoms with Gasteiger partial charge in [0.1, 0.15) is 0 Å². The van der Waals surface area contributed by atoms with Crippen LogP contribution in [0.5, 0.6) is 0 Å². The van der Waals surface area contributed by atoms with Crippen LogP contribution in [0.25, 0.3) is 0 Å². The third-order valence-electron chi connectivity index (χ3n) is 3.28. The lowest BCUT2D eigenvalue weighted by atomic mass is 9.78. The molecule has 1 aromatic rings. The first kappa shape index (κ1) is 7.17. The molecular formula is C13H18BClO2. The van der Waals surface area contributed by atoms with Gasteiger partial charge in [0.2, 0.25) is 0 Å². The van der Waals surface area contributed by atoms with Crippen molar-refractivity contribution in [2.45, 2.75) is 45.7 Å². The Labute approximate surface area is 117 Å². The van der Waals surface area contributed by atoms with Crippen molar-refractivity contribution in [1.29, 1.82) is 0 Å². The molecule has 92 valence electrons. The minimum Gasteiger partial charge on any atom is -0.399 e. The van der Waals surface area contributed by atoms with E-state index in [0.717, 1.165) is 0 Å². The molecule has 17 heavy (non-hydrogen) atoms. The van der Waals surface area contributed by atoms with Crippen molar-refractivity contribution < 1.29 is 17.5 Å². The predicted octanol–water partition coefficient (Wildman–Crippen LogP) is 2.95. The molecule has 1 saturated heterocycles. The summed E-state index contributed by atoms with van der Waals surface area (Å²) in [7, 11) is -1.06. The summed E-state index contributed by atoms with van der Waals surface area (Å²) in [4.78, 5) is 0. The van der Waals surface area contributed by atoms with E-state index >= 15 is 0 Å². The monoisotopic (exact) mass is 258 g/mol. The molecule has 4 heteroatoms. The number of hydrogen-bond acceptors (Lipinski definition) is 2. The van der Waals surface area contributed by atoms with Crippen LogP contribution in [0.1, 0.15) is 41.5 Å². The Morgan fingerprint density at radius 1 is 1.24 bits per heavy atom. The van der Waals surface area contributed by atoms with Gasteiger partial charge in [0, 0.05) is 14.6 Å². The highest BCUT2D eigenvalue weighted by atomic mass is 35.5. The van der Waals surface area contributed by atoms with E-state index in [-0.39, 0.29) is 10.5 Å². The van der Waals surface area contributed by atoms with Gasteiger partial charge in [0.25, 0.3) is 0 Å². The smallest absolute Gasteiger partial charge is 0.399 e. The Hall–Kier alpha value is -0.505. The highest BCUT2D eigenvalue weighted by Crippen LogP contribution is 2.36. The Morgan fingerprint density at radius 3 is 2.35 bits per heavy atom. The van der Waals surface area contributed by atoms with Crippen LogP contribution in [0.15, 0.2) is 18.1 Å². The maximum atomic E-state index is 8.20. The lowest BCUT2D eigenvalue weighted by molar-refractivity contribution is 0.00578. The number of halogens is 1. The summed E-state index contributed by atoms with van der Waals surface area (Å²) in [5.41, 5.74) is -1.93. The summed E-state index contributed by atoms with van der Waals surface area (Å²) < 4.78 is 58.1. The average Bonchev–Trinajstić information content (AvgIpc) is 2.53. The second-order valence-electron chi connectivity index (χ2n) is 5.07. The molecule has 1 heterocycles. The van der Waals surface area contributed by atoms with Crippen LogP contribution in [0.3, 0.4) is 0 Å². The molecular weight excluding hydrogens is 234 g/mol. The van der Waals surface area contributed by atoms with Gasteiger partial charge in [-0.25, -0.2) is 0 Å². The van der Waals surface area contributed by atoms with Gasteiger partial charge in [-0.2, -0.15) is 0 Å². The molecule has 2 rings (SSSR count). The second kappa shape index (κ2) is 4.01. The summed E-state index contributed by atoms with van der Waals surface area (Å²) >= 11 is 6.12. The van der Waals surface area contributed by atoms with Crippen LogP contribution in [-0.4, -0.2) is 18.3 Å². The van der Waals surface area contributed by atoms with Crippen molar-refractivity contribution in [3.63, 3.8) is 0 Å². The van der Waals surface area contributed by atoms with Crippen molar-refractivity contribution in [3.05, 3.63) is 28.7 Å². The summed E-state index contributed by atoms with van der Waals surface area (Å²) in [6.07, 6.45) is 0. The first-order valence-electron chi connectivity index (χ1n) is 8.36. The molecule has 0 aromatic heterocycles. The van der Waals surface area contributed by atoms with E-state index in [1.807, 2.05) is 27.7 Å². The third-order valence-corrected chi connectivity index (χ3v) is 3.58. The Kier molecular flexibility index (Phi) is 1.69. The van der Waals surface area contributed by atoms with Crippen LogP contribution in [0.2, 0.25) is 5.02 Å². The second-order valence-corrected chi connectivity index (χ2v) is 5.44. The maximum absolute atomic E-state index is 8.20. The van der Waals surface area contributed by atoms with Crippen molar-refractivity contribution in [1.82, 2.24) is 0 Å². The molecule has 1 fully saturated rings. The van der Waals surface area contributed by atoms with Crippen LogP contribution in [-0.2, 0) is 9.31 Å². The average molecular weight is 259 g/mol. The van der Waals surface area contributed by atoms with Crippen molar-refractivity contribution >= 4 is 24.2 Å². The predicted molar refractivity (Wildman–Crippen MR) is 71.9 cm³/mol. The van der Waals surface area contributed by atoms with Crippen LogP contribution >= 0.6 is 11.6 Å². The van der Waals surface area contributed by atoms with E-state index in [2.05, 4.69) is 0 Å². The summed E-state index contributed by atoms with van der Waals surface area (Å²) in [5.74, 6) is 0. The fourth-order valence-corrected chi connectivity index (χ4v) is 1.71. The first-order chi connectivity index (χ1) is 10.2. The van der Waals surface area contributed by atoms with Gasteiger partial charge in [-0.3, -0.25) is 0 Å². The van der Waals surface area contributed by atoms with E-state index in [4.69, 9.17) is 29.1 Å². The third kappa shape index (κ3) is 2.24. The molecule has 1 aromatic carbocycles. The normalized spacial score (nSPS) is 27.7. The topological polar surface area (TPSA) is 18.5 Å². The maximum Gasteiger partial charge on any atom is 0.496 e. The largest absolute Gasteiger partial charge is 0.496 e. The zero-order valence-corrected chi connectivity index (χ0v) is 11.0. The SMILES string of the molecule is [2H]c1c([2H])c(C([2H])([2H])[2H])c([2H])c(B2OC(C)(C)C(C)(C)O2)c1Cl. The molecule has 0 saturated carbocycles. The highest BCUT2D eigenvalue weighted by Gasteiger charge is 2.52. The molecule has 0 N–H and O–H groups in total. The number of benzene rings is 1. The van der Waals surface area contributed by atoms with E-state index in [1.165, 1.54) is 0 Å². The zero-order valence-electron chi connectivity index (χ0n) is 16.3. The molecule has 0 atom stereocenters. The van der Waals surface area contributed by atoms with Crippen LogP contribution in [0, 0.1) is 6.85 Å². The highest BCUT2D eigenvalue weighted by molar-refractivity contribution is 6.65. The molecule has 0 amide bonds. The van der Waals surface area contributed by atoms with Crippen molar-refractivity contribution in [2.75, 3.05) is 0 Å². The molecule has 0 aliphatic carbocycles. The Morgan fingerprint density at radius 2 is 1.82 bits per heavy atom. The molecule has 0 radical (unpaired) electrons.